The molecule has 0 fully saturated rings. The van der Waals surface area contributed by atoms with Crippen molar-refractivity contribution < 1.29 is 9.47 Å². The van der Waals surface area contributed by atoms with Crippen LogP contribution in [-0.2, 0) is 0 Å². The fourth-order valence-corrected chi connectivity index (χ4v) is 2.68. The molecule has 24 heavy (non-hydrogen) atoms. The molecule has 0 unspecified atom stereocenters. The van der Waals surface area contributed by atoms with E-state index in [1.165, 1.54) is 0 Å². The normalized spacial score (nSPS) is 10.8. The van der Waals surface area contributed by atoms with Gasteiger partial charge in [0.1, 0.15) is 0 Å². The molecule has 0 amide bonds. The van der Waals surface area contributed by atoms with E-state index in [0.29, 0.717) is 24.0 Å². The first kappa shape index (κ1) is 18.6. The van der Waals surface area contributed by atoms with Crippen LogP contribution in [0.4, 0.5) is 5.69 Å². The van der Waals surface area contributed by atoms with Crippen molar-refractivity contribution in [1.29, 1.82) is 0 Å². The largest absolute Gasteiger partial charge is 0.490 e. The van der Waals surface area contributed by atoms with Gasteiger partial charge in [-0.25, -0.2) is 0 Å². The minimum Gasteiger partial charge on any atom is -0.490 e. The highest BCUT2D eigenvalue weighted by atomic mass is 79.9. The third-order valence-electron chi connectivity index (χ3n) is 3.03. The van der Waals surface area contributed by atoms with Gasteiger partial charge in [0.2, 0.25) is 0 Å². The average Bonchev–Trinajstić information content (AvgIpc) is 2.56. The molecule has 0 heterocycles. The number of nitrogens with one attached hydrogen (secondary N) is 1. The van der Waals surface area contributed by atoms with Crippen molar-refractivity contribution in [3.63, 3.8) is 0 Å². The van der Waals surface area contributed by atoms with E-state index in [-0.39, 0.29) is 0 Å². The number of hydrogen-bond acceptors (Lipinski definition) is 4. The molecule has 0 aliphatic rings. The maximum Gasteiger partial charge on any atom is 0.175 e. The number of hydrazone groups is 1. The molecule has 1 N–H and O–H groups in total. The summed E-state index contributed by atoms with van der Waals surface area (Å²) in [6.45, 7) is 5.22. The molecule has 6 heteroatoms. The Morgan fingerprint density at radius 3 is 2.58 bits per heavy atom. The summed E-state index contributed by atoms with van der Waals surface area (Å²) in [5, 5.41) is 4.93. The second kappa shape index (κ2) is 9.55. The lowest BCUT2D eigenvalue weighted by molar-refractivity contribution is 0.275. The third kappa shape index (κ3) is 5.42. The summed E-state index contributed by atoms with van der Waals surface area (Å²) in [5.74, 6) is 1.43. The molecule has 0 aliphatic carbocycles. The molecule has 4 nitrogen and oxygen atoms in total. The van der Waals surface area contributed by atoms with E-state index in [1.807, 2.05) is 43.3 Å². The summed E-state index contributed by atoms with van der Waals surface area (Å²) in [5.41, 5.74) is 4.73. The average molecular weight is 412 g/mol. The number of benzene rings is 2. The minimum absolute atomic E-state index is 0.568. The highest BCUT2D eigenvalue weighted by Gasteiger charge is 2.11. The number of rotatable bonds is 8. The number of ether oxygens (including phenoxy) is 2. The van der Waals surface area contributed by atoms with Crippen LogP contribution in [0.25, 0.3) is 0 Å². The van der Waals surface area contributed by atoms with Gasteiger partial charge in [0.05, 0.1) is 29.6 Å². The van der Waals surface area contributed by atoms with Crippen LogP contribution in [0, 0.1) is 0 Å². The van der Waals surface area contributed by atoms with Crippen molar-refractivity contribution in [2.45, 2.75) is 20.3 Å². The van der Waals surface area contributed by atoms with Crippen molar-refractivity contribution in [2.24, 2.45) is 5.10 Å². The van der Waals surface area contributed by atoms with Gasteiger partial charge in [0, 0.05) is 5.02 Å². The van der Waals surface area contributed by atoms with Crippen molar-refractivity contribution in [2.75, 3.05) is 18.6 Å². The lowest BCUT2D eigenvalue weighted by Crippen LogP contribution is -2.02. The quantitative estimate of drug-likeness (QED) is 0.445. The second-order valence-corrected chi connectivity index (χ2v) is 6.28. The van der Waals surface area contributed by atoms with Gasteiger partial charge >= 0.3 is 0 Å². The molecule has 0 aliphatic heterocycles. The van der Waals surface area contributed by atoms with Crippen LogP contribution >= 0.6 is 27.5 Å². The molecule has 2 aromatic carbocycles. The first-order valence-corrected chi connectivity index (χ1v) is 8.95. The Bertz CT molecular complexity index is 690. The Morgan fingerprint density at radius 1 is 1.17 bits per heavy atom. The molecule has 2 rings (SSSR count). The lowest BCUT2D eigenvalue weighted by atomic mass is 10.2. The highest BCUT2D eigenvalue weighted by molar-refractivity contribution is 9.10. The minimum atomic E-state index is 0.568. The predicted octanol–water partition coefficient (Wildman–Crippen LogP) is 5.74. The molecule has 128 valence electrons. The number of halogens is 2. The number of hydrogen-bond donors (Lipinski definition) is 1. The van der Waals surface area contributed by atoms with Crippen LogP contribution in [0.15, 0.2) is 46.0 Å². The Morgan fingerprint density at radius 2 is 1.92 bits per heavy atom. The fourth-order valence-electron chi connectivity index (χ4n) is 1.98. The van der Waals surface area contributed by atoms with E-state index in [2.05, 4.69) is 33.4 Å². The Labute approximate surface area is 155 Å². The Kier molecular flexibility index (Phi) is 7.40. The molecule has 0 bridgehead atoms. The molecule has 0 radical (unpaired) electrons. The van der Waals surface area contributed by atoms with Gasteiger partial charge in [-0.3, -0.25) is 5.43 Å². The molecular weight excluding hydrogens is 392 g/mol. The highest BCUT2D eigenvalue weighted by Crippen LogP contribution is 2.36. The molecular formula is C18H20BrClN2O2. The smallest absolute Gasteiger partial charge is 0.175 e. The molecule has 0 atom stereocenters. The molecule has 0 aromatic heterocycles. The van der Waals surface area contributed by atoms with Crippen LogP contribution in [0.2, 0.25) is 5.02 Å². The van der Waals surface area contributed by atoms with Crippen molar-refractivity contribution >= 4 is 39.4 Å². The predicted molar refractivity (Wildman–Crippen MR) is 104 cm³/mol. The summed E-state index contributed by atoms with van der Waals surface area (Å²) >= 11 is 9.40. The first-order chi connectivity index (χ1) is 11.6. The summed E-state index contributed by atoms with van der Waals surface area (Å²) in [6, 6.07) is 11.2. The summed E-state index contributed by atoms with van der Waals surface area (Å²) in [4.78, 5) is 0. The Hall–Kier alpha value is -1.72. The van der Waals surface area contributed by atoms with Gasteiger partial charge in [-0.15, -0.1) is 0 Å². The maximum absolute atomic E-state index is 5.86. The van der Waals surface area contributed by atoms with Gasteiger partial charge in [0.15, 0.2) is 11.5 Å². The molecule has 0 spiro atoms. The van der Waals surface area contributed by atoms with Gasteiger partial charge in [-0.1, -0.05) is 18.5 Å². The standard InChI is InChI=1S/C18H20BrClN2O2/c1-3-9-24-18-16(19)10-13(11-17(18)23-4-2)12-21-22-15-7-5-14(20)6-8-15/h5-8,10-12,22H,3-4,9H2,1-2H3/b21-12+. The van der Waals surface area contributed by atoms with Crippen LogP contribution in [0.3, 0.4) is 0 Å². The monoisotopic (exact) mass is 410 g/mol. The van der Waals surface area contributed by atoms with Crippen molar-refractivity contribution in [3.8, 4) is 11.5 Å². The van der Waals surface area contributed by atoms with Crippen LogP contribution in [0.1, 0.15) is 25.8 Å². The SMILES string of the molecule is CCCOc1c(Br)cc(/C=N/Nc2ccc(Cl)cc2)cc1OCC. The van der Waals surface area contributed by atoms with E-state index in [0.717, 1.165) is 27.9 Å². The molecule has 0 saturated heterocycles. The maximum atomic E-state index is 5.86. The van der Waals surface area contributed by atoms with Crippen LogP contribution in [0.5, 0.6) is 11.5 Å². The van der Waals surface area contributed by atoms with E-state index in [1.54, 1.807) is 6.21 Å². The zero-order chi connectivity index (χ0) is 17.4. The molecule has 0 saturated carbocycles. The number of nitrogens with zero attached hydrogens (tertiary/aromatic N) is 1. The summed E-state index contributed by atoms with van der Waals surface area (Å²) < 4.78 is 12.3. The second-order valence-electron chi connectivity index (χ2n) is 4.99. The van der Waals surface area contributed by atoms with Gasteiger partial charge in [-0.2, -0.15) is 5.10 Å². The lowest BCUT2D eigenvalue weighted by Gasteiger charge is -2.14. The summed E-state index contributed by atoms with van der Waals surface area (Å²) in [7, 11) is 0. The van der Waals surface area contributed by atoms with Crippen molar-refractivity contribution in [1.82, 2.24) is 0 Å². The molecule has 2 aromatic rings. The zero-order valence-electron chi connectivity index (χ0n) is 13.7. The van der Waals surface area contributed by atoms with Crippen LogP contribution in [-0.4, -0.2) is 19.4 Å². The van der Waals surface area contributed by atoms with E-state index in [9.17, 15) is 0 Å². The van der Waals surface area contributed by atoms with Crippen molar-refractivity contribution in [3.05, 3.63) is 51.5 Å². The van der Waals surface area contributed by atoms with E-state index < -0.39 is 0 Å². The van der Waals surface area contributed by atoms with Crippen LogP contribution < -0.4 is 14.9 Å². The Balaban J connectivity index is 2.14. The third-order valence-corrected chi connectivity index (χ3v) is 3.87. The summed E-state index contributed by atoms with van der Waals surface area (Å²) in [6.07, 6.45) is 2.66. The topological polar surface area (TPSA) is 42.8 Å². The van der Waals surface area contributed by atoms with Gasteiger partial charge in [-0.05, 0) is 71.2 Å². The van der Waals surface area contributed by atoms with Gasteiger partial charge in [0.25, 0.3) is 0 Å². The zero-order valence-corrected chi connectivity index (χ0v) is 16.0. The van der Waals surface area contributed by atoms with E-state index >= 15 is 0 Å². The fraction of sp³-hybridized carbons (Fsp3) is 0.278. The first-order valence-electron chi connectivity index (χ1n) is 7.77. The van der Waals surface area contributed by atoms with Gasteiger partial charge < -0.3 is 9.47 Å². The van der Waals surface area contributed by atoms with E-state index in [4.69, 9.17) is 21.1 Å². The number of anilines is 1.